The summed E-state index contributed by atoms with van der Waals surface area (Å²) in [5.74, 6) is -0.976. The van der Waals surface area contributed by atoms with Crippen molar-refractivity contribution < 1.29 is 27.2 Å². The van der Waals surface area contributed by atoms with E-state index in [1.165, 1.54) is 0 Å². The molecule has 23 heavy (non-hydrogen) atoms. The van der Waals surface area contributed by atoms with Gasteiger partial charge in [-0.3, -0.25) is 0 Å². The van der Waals surface area contributed by atoms with Crippen LogP contribution in [0.1, 0.15) is 34.1 Å². The highest BCUT2D eigenvalue weighted by Crippen LogP contribution is 2.36. The van der Waals surface area contributed by atoms with Crippen molar-refractivity contribution >= 4 is 12.6 Å². The lowest BCUT2D eigenvalue weighted by atomic mass is 9.79. The van der Waals surface area contributed by atoms with Gasteiger partial charge in [-0.2, -0.15) is 8.78 Å². The van der Waals surface area contributed by atoms with Crippen LogP contribution in [0.4, 0.5) is 13.2 Å². The van der Waals surface area contributed by atoms with Crippen molar-refractivity contribution in [1.29, 1.82) is 0 Å². The van der Waals surface area contributed by atoms with E-state index in [1.807, 2.05) is 27.7 Å². The van der Waals surface area contributed by atoms with Crippen LogP contribution in [0.5, 0.6) is 5.75 Å². The molecule has 0 N–H and O–H groups in total. The Morgan fingerprint density at radius 1 is 1.00 bits per heavy atom. The van der Waals surface area contributed by atoms with Gasteiger partial charge in [0, 0.05) is 6.42 Å². The van der Waals surface area contributed by atoms with Crippen LogP contribution in [0.3, 0.4) is 0 Å². The molecule has 0 amide bonds. The number of halogens is 3. The molecule has 0 bridgehead atoms. The summed E-state index contributed by atoms with van der Waals surface area (Å²) >= 11 is 0. The standard InChI is InChI=1S/C16H20BF3O3/c1-15(2)16(3,4)23-17(22-15)11-5-7-12(8-6-11)21-10-9-13(18)14(19)20/h5-8H,9-10H2,1-4H3. The van der Waals surface area contributed by atoms with Crippen molar-refractivity contribution in [3.05, 3.63) is 36.2 Å². The van der Waals surface area contributed by atoms with Crippen LogP contribution in [-0.2, 0) is 9.31 Å². The molecule has 1 aliphatic rings. The van der Waals surface area contributed by atoms with Crippen molar-refractivity contribution in [3.8, 4) is 5.75 Å². The first-order chi connectivity index (χ1) is 10.6. The molecule has 0 spiro atoms. The molecule has 0 radical (unpaired) electrons. The number of hydrogen-bond acceptors (Lipinski definition) is 3. The van der Waals surface area contributed by atoms with Crippen LogP contribution in [0.25, 0.3) is 0 Å². The van der Waals surface area contributed by atoms with Gasteiger partial charge in [0.05, 0.1) is 17.8 Å². The van der Waals surface area contributed by atoms with Crippen LogP contribution >= 0.6 is 0 Å². The average molecular weight is 328 g/mol. The van der Waals surface area contributed by atoms with Gasteiger partial charge < -0.3 is 14.0 Å². The SMILES string of the molecule is CC1(C)OB(c2ccc(OCCC(F)=C(F)F)cc2)OC1(C)C. The Hall–Kier alpha value is -1.47. The number of hydrogen-bond donors (Lipinski definition) is 0. The number of ether oxygens (including phenoxy) is 1. The Morgan fingerprint density at radius 3 is 2.00 bits per heavy atom. The zero-order valence-corrected chi connectivity index (χ0v) is 13.7. The molecule has 1 aromatic carbocycles. The Bertz CT molecular complexity index is 565. The summed E-state index contributed by atoms with van der Waals surface area (Å²) < 4.78 is 53.6. The summed E-state index contributed by atoms with van der Waals surface area (Å²) in [6, 6.07) is 6.90. The second-order valence-electron chi connectivity index (χ2n) is 6.42. The third kappa shape index (κ3) is 4.09. The molecule has 0 unspecified atom stereocenters. The topological polar surface area (TPSA) is 27.7 Å². The third-order valence-electron chi connectivity index (χ3n) is 4.20. The fraction of sp³-hybridized carbons (Fsp3) is 0.500. The summed E-state index contributed by atoms with van der Waals surface area (Å²) in [6.45, 7) is 7.72. The van der Waals surface area contributed by atoms with Crippen LogP contribution in [0.15, 0.2) is 36.2 Å². The van der Waals surface area contributed by atoms with Crippen molar-refractivity contribution in [3.63, 3.8) is 0 Å². The predicted molar refractivity (Wildman–Crippen MR) is 82.6 cm³/mol. The van der Waals surface area contributed by atoms with E-state index in [0.29, 0.717) is 5.75 Å². The first kappa shape index (κ1) is 17.9. The van der Waals surface area contributed by atoms with E-state index in [0.717, 1.165) is 5.46 Å². The largest absolute Gasteiger partial charge is 0.494 e. The molecule has 0 atom stereocenters. The summed E-state index contributed by atoms with van der Waals surface area (Å²) in [6.07, 6.45) is -2.76. The predicted octanol–water partition coefficient (Wildman–Crippen LogP) is 3.83. The molecule has 126 valence electrons. The highest BCUT2D eigenvalue weighted by atomic mass is 19.3. The van der Waals surface area contributed by atoms with E-state index in [-0.39, 0.29) is 6.61 Å². The Kier molecular flexibility index (Phi) is 5.11. The Balaban J connectivity index is 1.95. The molecule has 1 heterocycles. The molecule has 1 aromatic rings. The zero-order valence-electron chi connectivity index (χ0n) is 13.7. The third-order valence-corrected chi connectivity index (χ3v) is 4.20. The van der Waals surface area contributed by atoms with Crippen LogP contribution in [0, 0.1) is 0 Å². The van der Waals surface area contributed by atoms with Crippen LogP contribution in [-0.4, -0.2) is 24.9 Å². The lowest BCUT2D eigenvalue weighted by Crippen LogP contribution is -2.41. The van der Waals surface area contributed by atoms with Gasteiger partial charge in [-0.25, -0.2) is 4.39 Å². The van der Waals surface area contributed by atoms with E-state index < -0.39 is 36.6 Å². The summed E-state index contributed by atoms with van der Waals surface area (Å²) in [5.41, 5.74) is -0.0165. The molecule has 2 rings (SSSR count). The molecule has 0 aromatic heterocycles. The molecule has 1 aliphatic heterocycles. The fourth-order valence-electron chi connectivity index (χ4n) is 2.05. The number of benzene rings is 1. The van der Waals surface area contributed by atoms with E-state index in [9.17, 15) is 13.2 Å². The van der Waals surface area contributed by atoms with Gasteiger partial charge in [0.25, 0.3) is 0 Å². The van der Waals surface area contributed by atoms with Gasteiger partial charge in [0.15, 0.2) is 5.83 Å². The van der Waals surface area contributed by atoms with Crippen molar-refractivity contribution in [1.82, 2.24) is 0 Å². The van der Waals surface area contributed by atoms with Crippen molar-refractivity contribution in [2.24, 2.45) is 0 Å². The zero-order chi connectivity index (χ0) is 17.3. The van der Waals surface area contributed by atoms with E-state index >= 15 is 0 Å². The van der Waals surface area contributed by atoms with Gasteiger partial charge in [-0.05, 0) is 45.3 Å². The highest BCUT2D eigenvalue weighted by Gasteiger charge is 2.51. The maximum absolute atomic E-state index is 12.7. The maximum Gasteiger partial charge on any atom is 0.494 e. The van der Waals surface area contributed by atoms with E-state index in [2.05, 4.69) is 0 Å². The molecule has 0 saturated carbocycles. The van der Waals surface area contributed by atoms with Gasteiger partial charge >= 0.3 is 13.2 Å². The summed E-state index contributed by atoms with van der Waals surface area (Å²) in [5, 5.41) is 0. The normalized spacial score (nSPS) is 18.8. The van der Waals surface area contributed by atoms with Gasteiger partial charge in [0.1, 0.15) is 5.75 Å². The monoisotopic (exact) mass is 328 g/mol. The van der Waals surface area contributed by atoms with Gasteiger partial charge in [-0.1, -0.05) is 12.1 Å². The molecule has 0 aliphatic carbocycles. The minimum atomic E-state index is -2.30. The quantitative estimate of drug-likeness (QED) is 0.769. The second-order valence-corrected chi connectivity index (χ2v) is 6.42. The molecular weight excluding hydrogens is 308 g/mol. The average Bonchev–Trinajstić information content (AvgIpc) is 2.68. The van der Waals surface area contributed by atoms with Crippen molar-refractivity contribution in [2.75, 3.05) is 6.61 Å². The maximum atomic E-state index is 12.7. The first-order valence-corrected chi connectivity index (χ1v) is 7.40. The van der Waals surface area contributed by atoms with Crippen LogP contribution < -0.4 is 10.2 Å². The Morgan fingerprint density at radius 2 is 1.52 bits per heavy atom. The smallest absolute Gasteiger partial charge is 0.493 e. The lowest BCUT2D eigenvalue weighted by molar-refractivity contribution is 0.00578. The first-order valence-electron chi connectivity index (χ1n) is 7.40. The van der Waals surface area contributed by atoms with E-state index in [1.54, 1.807) is 24.3 Å². The fourth-order valence-corrected chi connectivity index (χ4v) is 2.05. The molecule has 1 saturated heterocycles. The van der Waals surface area contributed by atoms with Crippen LogP contribution in [0.2, 0.25) is 0 Å². The lowest BCUT2D eigenvalue weighted by Gasteiger charge is -2.32. The summed E-state index contributed by atoms with van der Waals surface area (Å²) in [7, 11) is -0.477. The molecule has 3 nitrogen and oxygen atoms in total. The molecule has 7 heteroatoms. The van der Waals surface area contributed by atoms with Crippen molar-refractivity contribution in [2.45, 2.75) is 45.3 Å². The van der Waals surface area contributed by atoms with Gasteiger partial charge in [-0.15, -0.1) is 0 Å². The highest BCUT2D eigenvalue weighted by molar-refractivity contribution is 6.62. The van der Waals surface area contributed by atoms with E-state index in [4.69, 9.17) is 14.0 Å². The summed E-state index contributed by atoms with van der Waals surface area (Å²) in [4.78, 5) is 0. The molecule has 1 fully saturated rings. The minimum Gasteiger partial charge on any atom is -0.493 e. The second kappa shape index (κ2) is 6.57. The Labute approximate surface area is 134 Å². The minimum absolute atomic E-state index is 0.154. The van der Waals surface area contributed by atoms with Gasteiger partial charge in [0.2, 0.25) is 0 Å². The molecular formula is C16H20BF3O3. The number of rotatable bonds is 5.